The molecule has 0 bridgehead atoms. The van der Waals surface area contributed by atoms with Gasteiger partial charge in [-0.15, -0.1) is 34.5 Å². The number of aromatic nitrogens is 1. The second-order valence-electron chi connectivity index (χ2n) is 8.57. The van der Waals surface area contributed by atoms with Gasteiger partial charge in [0.05, 0.1) is 22.4 Å². The number of hydrogen-bond donors (Lipinski definition) is 2. The molecule has 0 amide bonds. The second-order valence-corrected chi connectivity index (χ2v) is 11.9. The molecule has 0 spiro atoms. The molecule has 14 heteroatoms. The van der Waals surface area contributed by atoms with E-state index in [2.05, 4.69) is 25.1 Å². The van der Waals surface area contributed by atoms with Crippen molar-refractivity contribution in [2.45, 2.75) is 11.1 Å². The molecule has 1 aromatic heterocycles. The third kappa shape index (κ3) is 8.35. The molecule has 3 aromatic carbocycles. The van der Waals surface area contributed by atoms with Gasteiger partial charge in [-0.3, -0.25) is 10.1 Å². The highest BCUT2D eigenvalue weighted by molar-refractivity contribution is 7.92. The van der Waals surface area contributed by atoms with E-state index in [0.717, 1.165) is 41.1 Å². The van der Waals surface area contributed by atoms with Crippen molar-refractivity contribution >= 4 is 67.3 Å². The zero-order valence-corrected chi connectivity index (χ0v) is 24.4. The van der Waals surface area contributed by atoms with Gasteiger partial charge in [0.25, 0.3) is 10.0 Å². The predicted molar refractivity (Wildman–Crippen MR) is 161 cm³/mol. The summed E-state index contributed by atoms with van der Waals surface area (Å²) < 4.78 is 65.8. The lowest BCUT2D eigenvalue weighted by atomic mass is 10.1. The molecule has 0 fully saturated rings. The largest absolute Gasteiger partial charge is 0.416 e. The van der Waals surface area contributed by atoms with Crippen LogP contribution >= 0.6 is 34.5 Å². The van der Waals surface area contributed by atoms with E-state index in [1.165, 1.54) is 11.3 Å². The first-order valence-corrected chi connectivity index (χ1v) is 15.5. The van der Waals surface area contributed by atoms with Gasteiger partial charge in [-0.2, -0.15) is 18.3 Å². The van der Waals surface area contributed by atoms with Crippen LogP contribution in [-0.2, 0) is 16.2 Å². The molecular formula is C27H24Cl2F3N5O2S2. The number of hydrogen-bond acceptors (Lipinski definition) is 7. The van der Waals surface area contributed by atoms with Crippen molar-refractivity contribution < 1.29 is 21.6 Å². The molecule has 7 nitrogen and oxygen atoms in total. The number of thiazole rings is 1. The van der Waals surface area contributed by atoms with Crippen molar-refractivity contribution in [1.29, 1.82) is 0 Å². The van der Waals surface area contributed by atoms with E-state index in [1.807, 2.05) is 29.6 Å². The van der Waals surface area contributed by atoms with Crippen LogP contribution in [0.2, 0.25) is 0 Å². The van der Waals surface area contributed by atoms with Gasteiger partial charge in [0.2, 0.25) is 5.13 Å². The monoisotopic (exact) mass is 641 g/mol. The van der Waals surface area contributed by atoms with E-state index < -0.39 is 21.8 Å². The van der Waals surface area contributed by atoms with Gasteiger partial charge in [0.1, 0.15) is 0 Å². The summed E-state index contributed by atoms with van der Waals surface area (Å²) >= 11 is 13.1. The minimum absolute atomic E-state index is 0.256. The summed E-state index contributed by atoms with van der Waals surface area (Å²) in [6.45, 7) is 1.41. The maximum Gasteiger partial charge on any atom is 0.416 e. The first-order chi connectivity index (χ1) is 19.6. The summed E-state index contributed by atoms with van der Waals surface area (Å²) in [5.41, 5.74) is 5.56. The average Bonchev–Trinajstić information content (AvgIpc) is 3.42. The SMILES string of the molecule is O=S(=O)(Nc1ccc(-c2csc(N/N=C/c3ccc(N(CCCl)CCCl)cc3)n2)cc1)c1ccc(C(F)(F)F)cc1. The number of sulfonamides is 1. The molecule has 41 heavy (non-hydrogen) atoms. The van der Waals surface area contributed by atoms with Gasteiger partial charge in [0, 0.05) is 47.2 Å². The molecule has 0 unspecified atom stereocenters. The van der Waals surface area contributed by atoms with Crippen LogP contribution in [-0.4, -0.2) is 44.5 Å². The van der Waals surface area contributed by atoms with E-state index in [0.29, 0.717) is 35.7 Å². The lowest BCUT2D eigenvalue weighted by Gasteiger charge is -2.22. The van der Waals surface area contributed by atoms with Crippen LogP contribution in [0, 0.1) is 0 Å². The highest BCUT2D eigenvalue weighted by Crippen LogP contribution is 2.30. The number of nitrogens with one attached hydrogen (secondary N) is 2. The Kier molecular flexibility index (Phi) is 10.1. The Labute approximate surface area is 249 Å². The number of benzene rings is 3. The number of rotatable bonds is 12. The number of anilines is 3. The Morgan fingerprint density at radius 2 is 1.56 bits per heavy atom. The minimum atomic E-state index is -4.55. The summed E-state index contributed by atoms with van der Waals surface area (Å²) in [6.07, 6.45) is -2.87. The quantitative estimate of drug-likeness (QED) is 0.0959. The zero-order chi connectivity index (χ0) is 29.5. The Balaban J connectivity index is 1.35. The number of halogens is 5. The lowest BCUT2D eigenvalue weighted by Crippen LogP contribution is -2.27. The zero-order valence-electron chi connectivity index (χ0n) is 21.3. The summed E-state index contributed by atoms with van der Waals surface area (Å²) in [5, 5.41) is 6.64. The fraction of sp³-hybridized carbons (Fsp3) is 0.185. The normalized spacial score (nSPS) is 12.0. The van der Waals surface area contributed by atoms with Crippen molar-refractivity contribution in [2.75, 3.05) is 39.9 Å². The molecule has 0 aliphatic rings. The van der Waals surface area contributed by atoms with Crippen molar-refractivity contribution in [1.82, 2.24) is 4.98 Å². The van der Waals surface area contributed by atoms with Crippen LogP contribution in [0.1, 0.15) is 11.1 Å². The fourth-order valence-corrected chi connectivity index (χ4v) is 5.85. The Morgan fingerprint density at radius 3 is 2.15 bits per heavy atom. The summed E-state index contributed by atoms with van der Waals surface area (Å²) in [4.78, 5) is 6.33. The van der Waals surface area contributed by atoms with E-state index in [9.17, 15) is 21.6 Å². The first kappa shape index (κ1) is 30.6. The Hall–Kier alpha value is -3.32. The van der Waals surface area contributed by atoms with Gasteiger partial charge in [-0.1, -0.05) is 24.3 Å². The van der Waals surface area contributed by atoms with Crippen LogP contribution < -0.4 is 15.0 Å². The maximum absolute atomic E-state index is 12.8. The lowest BCUT2D eigenvalue weighted by molar-refractivity contribution is -0.137. The van der Waals surface area contributed by atoms with Crippen molar-refractivity contribution in [3.63, 3.8) is 0 Å². The smallest absolute Gasteiger partial charge is 0.369 e. The van der Waals surface area contributed by atoms with Gasteiger partial charge >= 0.3 is 6.18 Å². The standard InChI is InChI=1S/C27H24Cl2F3N5O2S2/c28-13-15-37(16-14-29)23-9-1-19(2-10-23)17-33-35-26-34-25(18-40-26)20-3-7-22(8-4-20)36-41(38,39)24-11-5-21(6-12-24)27(30,31)32/h1-12,17-18,36H,13-16H2,(H,34,35)/b33-17+. The second kappa shape index (κ2) is 13.6. The Bertz CT molecular complexity index is 1560. The highest BCUT2D eigenvalue weighted by atomic mass is 35.5. The van der Waals surface area contributed by atoms with E-state index in [1.54, 1.807) is 30.5 Å². The van der Waals surface area contributed by atoms with Gasteiger partial charge < -0.3 is 4.90 Å². The molecule has 2 N–H and O–H groups in total. The number of alkyl halides is 5. The van der Waals surface area contributed by atoms with Gasteiger partial charge in [0.15, 0.2) is 0 Å². The third-order valence-electron chi connectivity index (χ3n) is 5.77. The van der Waals surface area contributed by atoms with Crippen LogP contribution in [0.5, 0.6) is 0 Å². The Morgan fingerprint density at radius 1 is 0.927 bits per heavy atom. The van der Waals surface area contributed by atoms with Gasteiger partial charge in [-0.25, -0.2) is 13.4 Å². The topological polar surface area (TPSA) is 86.7 Å². The summed E-state index contributed by atoms with van der Waals surface area (Å²) in [5.74, 6) is 1.02. The molecule has 1 heterocycles. The molecule has 0 atom stereocenters. The molecular weight excluding hydrogens is 618 g/mol. The van der Waals surface area contributed by atoms with Crippen LogP contribution in [0.15, 0.2) is 88.2 Å². The molecule has 0 aliphatic carbocycles. The molecule has 4 aromatic rings. The molecule has 216 valence electrons. The summed E-state index contributed by atoms with van der Waals surface area (Å²) in [7, 11) is -4.06. The summed E-state index contributed by atoms with van der Waals surface area (Å²) in [6, 6.07) is 17.6. The number of nitrogens with zero attached hydrogens (tertiary/aromatic N) is 3. The third-order valence-corrected chi connectivity index (χ3v) is 8.25. The predicted octanol–water partition coefficient (Wildman–Crippen LogP) is 7.36. The molecule has 0 radical (unpaired) electrons. The minimum Gasteiger partial charge on any atom is -0.369 e. The average molecular weight is 643 g/mol. The molecule has 0 saturated heterocycles. The fourth-order valence-electron chi connectivity index (χ4n) is 3.71. The van der Waals surface area contributed by atoms with E-state index in [4.69, 9.17) is 23.2 Å². The maximum atomic E-state index is 12.8. The molecule has 0 saturated carbocycles. The molecule has 0 aliphatic heterocycles. The van der Waals surface area contributed by atoms with Crippen LogP contribution in [0.25, 0.3) is 11.3 Å². The first-order valence-electron chi connectivity index (χ1n) is 12.1. The van der Waals surface area contributed by atoms with Gasteiger partial charge in [-0.05, 0) is 54.1 Å². The van der Waals surface area contributed by atoms with Crippen molar-refractivity contribution in [3.8, 4) is 11.3 Å². The molecule has 4 rings (SSSR count). The van der Waals surface area contributed by atoms with E-state index in [-0.39, 0.29) is 10.6 Å². The highest BCUT2D eigenvalue weighted by Gasteiger charge is 2.30. The van der Waals surface area contributed by atoms with Crippen LogP contribution in [0.3, 0.4) is 0 Å². The van der Waals surface area contributed by atoms with Crippen molar-refractivity contribution in [3.05, 3.63) is 89.3 Å². The number of hydrazone groups is 1. The van der Waals surface area contributed by atoms with Crippen molar-refractivity contribution in [2.24, 2.45) is 5.10 Å². The van der Waals surface area contributed by atoms with E-state index >= 15 is 0 Å². The van der Waals surface area contributed by atoms with Crippen LogP contribution in [0.4, 0.5) is 29.7 Å².